The molecule has 0 spiro atoms. The molecule has 2 atom stereocenters. The Hall–Kier alpha value is -0.590. The standard InChI is InChI=1S/C14H25NO2/c1-12(10-17-2)13(16)14(11-15)8-6-4-3-5-7-9-14/h12-13,16H,3-10H2,1-2H3. The van der Waals surface area contributed by atoms with Gasteiger partial charge in [0.15, 0.2) is 0 Å². The lowest BCUT2D eigenvalue weighted by molar-refractivity contribution is -0.0214. The number of aliphatic hydroxyl groups excluding tert-OH is 1. The highest BCUT2D eigenvalue weighted by Gasteiger charge is 2.40. The second kappa shape index (κ2) is 6.98. The Morgan fingerprint density at radius 2 is 1.76 bits per heavy atom. The Morgan fingerprint density at radius 1 is 1.24 bits per heavy atom. The Balaban J connectivity index is 2.73. The van der Waals surface area contributed by atoms with Crippen molar-refractivity contribution in [3.8, 4) is 6.07 Å². The Kier molecular flexibility index (Phi) is 5.94. The highest BCUT2D eigenvalue weighted by molar-refractivity contribution is 5.05. The van der Waals surface area contributed by atoms with Crippen molar-refractivity contribution in [3.63, 3.8) is 0 Å². The summed E-state index contributed by atoms with van der Waals surface area (Å²) in [5, 5.41) is 19.9. The lowest BCUT2D eigenvalue weighted by Crippen LogP contribution is -2.40. The van der Waals surface area contributed by atoms with E-state index in [1.165, 1.54) is 19.3 Å². The van der Waals surface area contributed by atoms with Crippen LogP contribution < -0.4 is 0 Å². The second-order valence-electron chi connectivity index (χ2n) is 5.41. The highest BCUT2D eigenvalue weighted by Crippen LogP contribution is 2.39. The third-order valence-electron chi connectivity index (χ3n) is 4.00. The maximum Gasteiger partial charge on any atom is 0.0835 e. The van der Waals surface area contributed by atoms with E-state index in [-0.39, 0.29) is 5.92 Å². The highest BCUT2D eigenvalue weighted by atomic mass is 16.5. The van der Waals surface area contributed by atoms with Gasteiger partial charge >= 0.3 is 0 Å². The van der Waals surface area contributed by atoms with Gasteiger partial charge in [-0.3, -0.25) is 0 Å². The molecule has 17 heavy (non-hydrogen) atoms. The quantitative estimate of drug-likeness (QED) is 0.820. The maximum atomic E-state index is 10.4. The van der Waals surface area contributed by atoms with Gasteiger partial charge in [0.25, 0.3) is 0 Å². The zero-order valence-corrected chi connectivity index (χ0v) is 11.1. The number of aliphatic hydroxyl groups is 1. The SMILES string of the molecule is COCC(C)C(O)C1(C#N)CCCCCCC1. The first kappa shape index (κ1) is 14.5. The molecule has 1 aliphatic carbocycles. The summed E-state index contributed by atoms with van der Waals surface area (Å²) in [5.74, 6) is 0.0269. The molecule has 1 N–H and O–H groups in total. The number of nitrogens with zero attached hydrogens (tertiary/aromatic N) is 1. The van der Waals surface area contributed by atoms with Crippen LogP contribution in [0.1, 0.15) is 51.9 Å². The summed E-state index contributed by atoms with van der Waals surface area (Å²) >= 11 is 0. The van der Waals surface area contributed by atoms with Gasteiger partial charge in [0.2, 0.25) is 0 Å². The zero-order chi connectivity index (χ0) is 12.7. The van der Waals surface area contributed by atoms with E-state index in [0.29, 0.717) is 6.61 Å². The van der Waals surface area contributed by atoms with E-state index < -0.39 is 11.5 Å². The molecule has 0 radical (unpaired) electrons. The molecule has 0 aromatic rings. The van der Waals surface area contributed by atoms with Gasteiger partial charge in [-0.05, 0) is 12.8 Å². The van der Waals surface area contributed by atoms with Crippen molar-refractivity contribution in [2.24, 2.45) is 11.3 Å². The molecule has 1 saturated carbocycles. The van der Waals surface area contributed by atoms with Gasteiger partial charge in [0, 0.05) is 13.0 Å². The van der Waals surface area contributed by atoms with Crippen molar-refractivity contribution >= 4 is 0 Å². The average Bonchev–Trinajstić information content (AvgIpc) is 2.29. The minimum atomic E-state index is -0.564. The number of hydrogen-bond donors (Lipinski definition) is 1. The average molecular weight is 239 g/mol. The molecule has 0 heterocycles. The van der Waals surface area contributed by atoms with Gasteiger partial charge in [0.05, 0.1) is 24.2 Å². The van der Waals surface area contributed by atoms with Crippen molar-refractivity contribution in [3.05, 3.63) is 0 Å². The lowest BCUT2D eigenvalue weighted by Gasteiger charge is -2.36. The smallest absolute Gasteiger partial charge is 0.0835 e. The first-order chi connectivity index (χ1) is 8.16. The number of rotatable bonds is 4. The van der Waals surface area contributed by atoms with Crippen LogP contribution in [-0.4, -0.2) is 24.9 Å². The van der Waals surface area contributed by atoms with Gasteiger partial charge in [-0.2, -0.15) is 5.26 Å². The summed E-state index contributed by atoms with van der Waals surface area (Å²) in [5.41, 5.74) is -0.543. The second-order valence-corrected chi connectivity index (χ2v) is 5.41. The summed E-state index contributed by atoms with van der Waals surface area (Å²) in [7, 11) is 1.64. The molecular weight excluding hydrogens is 214 g/mol. The van der Waals surface area contributed by atoms with Crippen LogP contribution in [0.2, 0.25) is 0 Å². The summed E-state index contributed by atoms with van der Waals surface area (Å²) in [6, 6.07) is 2.42. The minimum absolute atomic E-state index is 0.0269. The topological polar surface area (TPSA) is 53.2 Å². The Morgan fingerprint density at radius 3 is 2.24 bits per heavy atom. The summed E-state index contributed by atoms with van der Waals surface area (Å²) in [4.78, 5) is 0. The summed E-state index contributed by atoms with van der Waals surface area (Å²) < 4.78 is 5.09. The van der Waals surface area contributed by atoms with Gasteiger partial charge < -0.3 is 9.84 Å². The Labute approximate surface area is 105 Å². The maximum absolute atomic E-state index is 10.4. The van der Waals surface area contributed by atoms with Gasteiger partial charge in [0.1, 0.15) is 0 Å². The van der Waals surface area contributed by atoms with Crippen LogP contribution in [0.5, 0.6) is 0 Å². The molecule has 0 amide bonds. The fourth-order valence-electron chi connectivity index (χ4n) is 2.91. The Bertz CT molecular complexity index is 251. The molecule has 1 fully saturated rings. The predicted molar refractivity (Wildman–Crippen MR) is 67.4 cm³/mol. The lowest BCUT2D eigenvalue weighted by atomic mass is 9.70. The molecule has 0 aliphatic heterocycles. The van der Waals surface area contributed by atoms with E-state index in [4.69, 9.17) is 4.74 Å². The van der Waals surface area contributed by atoms with Crippen molar-refractivity contribution < 1.29 is 9.84 Å². The number of hydrogen-bond acceptors (Lipinski definition) is 3. The van der Waals surface area contributed by atoms with Crippen molar-refractivity contribution in [2.45, 2.75) is 58.0 Å². The molecule has 1 aliphatic rings. The van der Waals surface area contributed by atoms with E-state index in [2.05, 4.69) is 6.07 Å². The van der Waals surface area contributed by atoms with Crippen molar-refractivity contribution in [1.82, 2.24) is 0 Å². The third-order valence-corrected chi connectivity index (χ3v) is 4.00. The van der Waals surface area contributed by atoms with Gasteiger partial charge in [-0.1, -0.05) is 39.0 Å². The normalized spacial score (nSPS) is 24.1. The monoisotopic (exact) mass is 239 g/mol. The molecule has 0 bridgehead atoms. The fraction of sp³-hybridized carbons (Fsp3) is 0.929. The van der Waals surface area contributed by atoms with E-state index >= 15 is 0 Å². The molecule has 3 nitrogen and oxygen atoms in total. The third kappa shape index (κ3) is 3.69. The van der Waals surface area contributed by atoms with Crippen LogP contribution in [0, 0.1) is 22.7 Å². The largest absolute Gasteiger partial charge is 0.391 e. The van der Waals surface area contributed by atoms with E-state index in [1.807, 2.05) is 6.92 Å². The predicted octanol–water partition coefficient (Wildman–Crippen LogP) is 2.88. The van der Waals surface area contributed by atoms with Crippen LogP contribution in [0.4, 0.5) is 0 Å². The summed E-state index contributed by atoms with van der Waals surface area (Å²) in [6.07, 6.45) is 6.87. The van der Waals surface area contributed by atoms with E-state index in [1.54, 1.807) is 7.11 Å². The minimum Gasteiger partial charge on any atom is -0.391 e. The van der Waals surface area contributed by atoms with Gasteiger partial charge in [-0.15, -0.1) is 0 Å². The van der Waals surface area contributed by atoms with Crippen molar-refractivity contribution in [2.75, 3.05) is 13.7 Å². The van der Waals surface area contributed by atoms with Crippen LogP contribution in [0.3, 0.4) is 0 Å². The first-order valence-corrected chi connectivity index (χ1v) is 6.74. The van der Waals surface area contributed by atoms with E-state index in [9.17, 15) is 10.4 Å². The van der Waals surface area contributed by atoms with Crippen LogP contribution >= 0.6 is 0 Å². The number of ether oxygens (including phenoxy) is 1. The summed E-state index contributed by atoms with van der Waals surface area (Å²) in [6.45, 7) is 2.48. The molecule has 0 saturated heterocycles. The number of nitriles is 1. The molecule has 98 valence electrons. The molecular formula is C14H25NO2. The number of methoxy groups -OCH3 is 1. The molecule has 0 aromatic heterocycles. The molecule has 0 aromatic carbocycles. The zero-order valence-electron chi connectivity index (χ0n) is 11.1. The molecule has 3 heteroatoms. The fourth-order valence-corrected chi connectivity index (χ4v) is 2.91. The molecule has 2 unspecified atom stereocenters. The van der Waals surface area contributed by atoms with Crippen molar-refractivity contribution in [1.29, 1.82) is 5.26 Å². The van der Waals surface area contributed by atoms with Gasteiger partial charge in [-0.25, -0.2) is 0 Å². The molecule has 1 rings (SSSR count). The first-order valence-electron chi connectivity index (χ1n) is 6.74. The van der Waals surface area contributed by atoms with E-state index in [0.717, 1.165) is 25.7 Å². The van der Waals surface area contributed by atoms with Crippen LogP contribution in [0.25, 0.3) is 0 Å². The van der Waals surface area contributed by atoms with Crippen LogP contribution in [-0.2, 0) is 4.74 Å². The van der Waals surface area contributed by atoms with Crippen LogP contribution in [0.15, 0.2) is 0 Å².